The third-order valence-corrected chi connectivity index (χ3v) is 4.39. The second-order valence-corrected chi connectivity index (χ2v) is 6.62. The number of amides is 1. The van der Waals surface area contributed by atoms with Crippen LogP contribution in [0.5, 0.6) is 0 Å². The molecule has 1 atom stereocenters. The molecule has 1 N–H and O–H groups in total. The Kier molecular flexibility index (Phi) is 5.43. The summed E-state index contributed by atoms with van der Waals surface area (Å²) < 4.78 is 38.6. The average molecular weight is 361 g/mol. The van der Waals surface area contributed by atoms with Gasteiger partial charge in [0.2, 0.25) is 5.91 Å². The molecule has 0 bridgehead atoms. The van der Waals surface area contributed by atoms with Crippen LogP contribution in [0.25, 0.3) is 0 Å². The van der Waals surface area contributed by atoms with E-state index in [1.165, 1.54) is 13.8 Å². The third-order valence-electron chi connectivity index (χ3n) is 4.39. The number of nitrogens with zero attached hydrogens (tertiary/aromatic N) is 3. The topological polar surface area (TPSA) is 75.4 Å². The van der Waals surface area contributed by atoms with Crippen LogP contribution in [0.2, 0.25) is 0 Å². The Morgan fingerprint density at radius 3 is 2.44 bits per heavy atom. The smallest absolute Gasteiger partial charge is 0.408 e. The predicted molar refractivity (Wildman–Crippen MR) is 83.0 cm³/mol. The summed E-state index contributed by atoms with van der Waals surface area (Å²) in [6.45, 7) is 3.52. The highest BCUT2D eigenvalue weighted by Crippen LogP contribution is 2.29. The van der Waals surface area contributed by atoms with Crippen molar-refractivity contribution in [2.75, 3.05) is 6.54 Å². The molecule has 0 radical (unpaired) electrons. The summed E-state index contributed by atoms with van der Waals surface area (Å²) in [7, 11) is 0. The molecule has 0 aromatic carbocycles. The van der Waals surface area contributed by atoms with Crippen LogP contribution in [0.15, 0.2) is 0 Å². The standard InChI is InChI=1S/C16H22F3N3O3/c1-9(15(24)25)7-21(12-4-5-12)14(23)6-13-10(2)20-22(11(13)3)8-16(17,18)19/h9,12H,4-8H2,1-3H3,(H,24,25). The Balaban J connectivity index is 2.14. The molecule has 25 heavy (non-hydrogen) atoms. The van der Waals surface area contributed by atoms with Gasteiger partial charge in [-0.15, -0.1) is 0 Å². The molecule has 0 saturated heterocycles. The summed E-state index contributed by atoms with van der Waals surface area (Å²) in [5.41, 5.74) is 1.17. The molecule has 1 unspecified atom stereocenters. The summed E-state index contributed by atoms with van der Waals surface area (Å²) >= 11 is 0. The van der Waals surface area contributed by atoms with E-state index in [2.05, 4.69) is 5.10 Å². The predicted octanol–water partition coefficient (Wildman–Crippen LogP) is 2.32. The number of aliphatic carboxylic acids is 1. The van der Waals surface area contributed by atoms with Gasteiger partial charge in [-0.25, -0.2) is 0 Å². The zero-order valence-corrected chi connectivity index (χ0v) is 14.4. The van der Waals surface area contributed by atoms with E-state index in [1.54, 1.807) is 11.8 Å². The molecule has 1 aliphatic carbocycles. The van der Waals surface area contributed by atoms with Crippen molar-refractivity contribution in [1.29, 1.82) is 0 Å². The van der Waals surface area contributed by atoms with Gasteiger partial charge in [-0.3, -0.25) is 14.3 Å². The highest BCUT2D eigenvalue weighted by Gasteiger charge is 2.35. The van der Waals surface area contributed by atoms with Crippen molar-refractivity contribution < 1.29 is 27.9 Å². The Morgan fingerprint density at radius 1 is 1.36 bits per heavy atom. The van der Waals surface area contributed by atoms with Gasteiger partial charge in [-0.1, -0.05) is 6.92 Å². The quantitative estimate of drug-likeness (QED) is 0.809. The lowest BCUT2D eigenvalue weighted by Crippen LogP contribution is -2.39. The average Bonchev–Trinajstić information content (AvgIpc) is 3.27. The number of hydrogen-bond acceptors (Lipinski definition) is 3. The maximum Gasteiger partial charge on any atom is 0.408 e. The summed E-state index contributed by atoms with van der Waals surface area (Å²) in [6, 6.07) is 0.0279. The van der Waals surface area contributed by atoms with Crippen LogP contribution in [0.1, 0.15) is 36.7 Å². The van der Waals surface area contributed by atoms with Gasteiger partial charge < -0.3 is 10.0 Å². The third kappa shape index (κ3) is 4.96. The Hall–Kier alpha value is -2.06. The van der Waals surface area contributed by atoms with Gasteiger partial charge in [0, 0.05) is 23.8 Å². The van der Waals surface area contributed by atoms with Crippen LogP contribution in [0.4, 0.5) is 13.2 Å². The van der Waals surface area contributed by atoms with Crippen LogP contribution in [0.3, 0.4) is 0 Å². The first kappa shape index (κ1) is 19.3. The molecular formula is C16H22F3N3O3. The van der Waals surface area contributed by atoms with E-state index in [0.717, 1.165) is 17.5 Å². The van der Waals surface area contributed by atoms with Crippen LogP contribution < -0.4 is 0 Å². The number of carboxylic acids is 1. The van der Waals surface area contributed by atoms with Crippen molar-refractivity contribution in [3.63, 3.8) is 0 Å². The molecule has 1 saturated carbocycles. The zero-order valence-electron chi connectivity index (χ0n) is 14.4. The van der Waals surface area contributed by atoms with Gasteiger partial charge in [-0.05, 0) is 26.7 Å². The lowest BCUT2D eigenvalue weighted by molar-refractivity contribution is -0.144. The van der Waals surface area contributed by atoms with Crippen LogP contribution in [-0.2, 0) is 22.6 Å². The van der Waals surface area contributed by atoms with E-state index in [-0.39, 0.29) is 24.9 Å². The molecule has 1 fully saturated rings. The summed E-state index contributed by atoms with van der Waals surface area (Å²) in [6.07, 6.45) is -2.81. The maximum atomic E-state index is 12.6. The van der Waals surface area contributed by atoms with Crippen LogP contribution in [-0.4, -0.2) is 50.4 Å². The number of aromatic nitrogens is 2. The molecule has 9 heteroatoms. The van der Waals surface area contributed by atoms with E-state index >= 15 is 0 Å². The maximum absolute atomic E-state index is 12.6. The van der Waals surface area contributed by atoms with Gasteiger partial charge >= 0.3 is 12.1 Å². The molecule has 1 heterocycles. The minimum absolute atomic E-state index is 0.0279. The van der Waals surface area contributed by atoms with Crippen molar-refractivity contribution in [2.24, 2.45) is 5.92 Å². The van der Waals surface area contributed by atoms with Gasteiger partial charge in [0.15, 0.2) is 0 Å². The number of aryl methyl sites for hydroxylation is 1. The fraction of sp³-hybridized carbons (Fsp3) is 0.688. The van der Waals surface area contributed by atoms with Gasteiger partial charge in [0.25, 0.3) is 0 Å². The van der Waals surface area contributed by atoms with Crippen molar-refractivity contribution in [3.05, 3.63) is 17.0 Å². The highest BCUT2D eigenvalue weighted by atomic mass is 19.4. The number of rotatable bonds is 7. The molecule has 1 amide bonds. The molecule has 1 aromatic heterocycles. The highest BCUT2D eigenvalue weighted by molar-refractivity contribution is 5.80. The molecule has 1 aromatic rings. The second-order valence-electron chi connectivity index (χ2n) is 6.62. The second kappa shape index (κ2) is 7.05. The molecule has 1 aliphatic rings. The van der Waals surface area contributed by atoms with Crippen LogP contribution in [0, 0.1) is 19.8 Å². The first-order valence-electron chi connectivity index (χ1n) is 8.11. The van der Waals surface area contributed by atoms with Crippen LogP contribution >= 0.6 is 0 Å². The molecule has 140 valence electrons. The first-order valence-corrected chi connectivity index (χ1v) is 8.11. The number of carbonyl (C=O) groups excluding carboxylic acids is 1. The molecule has 6 nitrogen and oxygen atoms in total. The normalized spacial score (nSPS) is 15.9. The lowest BCUT2D eigenvalue weighted by Gasteiger charge is -2.24. The van der Waals surface area contributed by atoms with Gasteiger partial charge in [0.05, 0.1) is 18.0 Å². The minimum Gasteiger partial charge on any atom is -0.481 e. The SMILES string of the molecule is Cc1nn(CC(F)(F)F)c(C)c1CC(=O)N(CC(C)C(=O)O)C1CC1. The van der Waals surface area contributed by atoms with Gasteiger partial charge in [-0.2, -0.15) is 18.3 Å². The number of hydrogen-bond donors (Lipinski definition) is 1. The van der Waals surface area contributed by atoms with E-state index in [4.69, 9.17) is 5.11 Å². The van der Waals surface area contributed by atoms with Crippen molar-refractivity contribution in [2.45, 2.75) is 58.8 Å². The van der Waals surface area contributed by atoms with E-state index < -0.39 is 24.6 Å². The number of carboxylic acid groups (broad SMARTS) is 1. The fourth-order valence-electron chi connectivity index (χ4n) is 2.78. The number of carbonyl (C=O) groups is 2. The molecule has 0 spiro atoms. The monoisotopic (exact) mass is 361 g/mol. The van der Waals surface area contributed by atoms with E-state index in [0.29, 0.717) is 17.0 Å². The molecular weight excluding hydrogens is 339 g/mol. The minimum atomic E-state index is -4.39. The largest absolute Gasteiger partial charge is 0.481 e. The molecule has 2 rings (SSSR count). The first-order chi connectivity index (χ1) is 11.5. The number of halogens is 3. The fourth-order valence-corrected chi connectivity index (χ4v) is 2.78. The van der Waals surface area contributed by atoms with Crippen molar-refractivity contribution in [3.8, 4) is 0 Å². The summed E-state index contributed by atoms with van der Waals surface area (Å²) in [5, 5.41) is 12.9. The number of alkyl halides is 3. The summed E-state index contributed by atoms with van der Waals surface area (Å²) in [4.78, 5) is 25.2. The van der Waals surface area contributed by atoms with Crippen molar-refractivity contribution in [1.82, 2.24) is 14.7 Å². The van der Waals surface area contributed by atoms with E-state index in [1.807, 2.05) is 0 Å². The Morgan fingerprint density at radius 2 is 1.96 bits per heavy atom. The van der Waals surface area contributed by atoms with Crippen molar-refractivity contribution >= 4 is 11.9 Å². The molecule has 0 aliphatic heterocycles. The lowest BCUT2D eigenvalue weighted by atomic mass is 10.1. The Labute approximate surface area is 143 Å². The Bertz CT molecular complexity index is 666. The van der Waals surface area contributed by atoms with E-state index in [9.17, 15) is 22.8 Å². The van der Waals surface area contributed by atoms with Gasteiger partial charge in [0.1, 0.15) is 6.54 Å². The summed E-state index contributed by atoms with van der Waals surface area (Å²) in [5.74, 6) is -1.95. The zero-order chi connectivity index (χ0) is 18.9.